The maximum atomic E-state index is 14.3. The quantitative estimate of drug-likeness (QED) is 0.354. The van der Waals surface area contributed by atoms with Crippen LogP contribution < -0.4 is 21.7 Å². The second-order valence-electron chi connectivity index (χ2n) is 7.30. The average Bonchev–Trinajstić information content (AvgIpc) is 3.17. The van der Waals surface area contributed by atoms with E-state index in [-0.39, 0.29) is 29.2 Å². The number of nitrogen functional groups attached to an aromatic ring is 1. The number of hydrogen-bond acceptors (Lipinski definition) is 5. The smallest absolute Gasteiger partial charge is 0.319 e. The van der Waals surface area contributed by atoms with E-state index in [0.717, 1.165) is 5.56 Å². The van der Waals surface area contributed by atoms with E-state index in [2.05, 4.69) is 21.1 Å². The molecule has 0 unspecified atom stereocenters. The van der Waals surface area contributed by atoms with Gasteiger partial charge in [0, 0.05) is 17.8 Å². The van der Waals surface area contributed by atoms with Gasteiger partial charge in [-0.1, -0.05) is 17.3 Å². The fourth-order valence-corrected chi connectivity index (χ4v) is 3.27. The summed E-state index contributed by atoms with van der Waals surface area (Å²) in [6.07, 6.45) is 0. The molecular weight excluding hydrogens is 432 g/mol. The number of carbonyl (C=O) groups is 2. The maximum Gasteiger partial charge on any atom is 0.319 e. The summed E-state index contributed by atoms with van der Waals surface area (Å²) in [5.41, 5.74) is 7.60. The second kappa shape index (κ2) is 8.95. The third-order valence-corrected chi connectivity index (χ3v) is 4.88. The molecule has 0 aliphatic heterocycles. The van der Waals surface area contributed by atoms with Crippen molar-refractivity contribution in [3.8, 4) is 0 Å². The zero-order valence-corrected chi connectivity index (χ0v) is 17.4. The first-order valence-corrected chi connectivity index (χ1v) is 9.86. The van der Waals surface area contributed by atoms with Gasteiger partial charge in [0.05, 0.1) is 16.6 Å². The Hall–Kier alpha value is -4.47. The van der Waals surface area contributed by atoms with Gasteiger partial charge in [-0.25, -0.2) is 13.6 Å². The van der Waals surface area contributed by atoms with Crippen molar-refractivity contribution in [2.24, 2.45) is 0 Å². The average molecular weight is 451 g/mol. The molecule has 8 nitrogen and oxygen atoms in total. The number of nitrogens with one attached hydrogen (secondary N) is 3. The van der Waals surface area contributed by atoms with E-state index in [4.69, 9.17) is 10.3 Å². The molecule has 33 heavy (non-hydrogen) atoms. The number of aromatic nitrogens is 1. The molecule has 0 saturated carbocycles. The topological polar surface area (TPSA) is 122 Å². The molecule has 4 rings (SSSR count). The molecule has 0 fully saturated rings. The Morgan fingerprint density at radius 1 is 1.03 bits per heavy atom. The van der Waals surface area contributed by atoms with Crippen LogP contribution in [0.15, 0.2) is 59.1 Å². The molecule has 0 aliphatic rings. The first-order valence-electron chi connectivity index (χ1n) is 9.86. The van der Waals surface area contributed by atoms with Crippen LogP contribution in [0.4, 0.5) is 30.8 Å². The molecule has 1 aromatic heterocycles. The largest absolute Gasteiger partial charge is 0.380 e. The number of rotatable bonds is 5. The molecule has 0 spiro atoms. The molecule has 1 heterocycles. The molecule has 10 heteroatoms. The van der Waals surface area contributed by atoms with E-state index in [0.29, 0.717) is 16.7 Å². The van der Waals surface area contributed by atoms with E-state index in [1.807, 2.05) is 0 Å². The van der Waals surface area contributed by atoms with Crippen molar-refractivity contribution >= 4 is 40.1 Å². The van der Waals surface area contributed by atoms with Crippen molar-refractivity contribution in [2.75, 3.05) is 16.4 Å². The lowest BCUT2D eigenvalue weighted by atomic mass is 10.1. The predicted octanol–water partition coefficient (Wildman–Crippen LogP) is 4.57. The molecule has 3 amide bonds. The summed E-state index contributed by atoms with van der Waals surface area (Å²) in [4.78, 5) is 24.9. The number of hydrogen-bond donors (Lipinski definition) is 4. The highest BCUT2D eigenvalue weighted by Crippen LogP contribution is 2.25. The second-order valence-corrected chi connectivity index (χ2v) is 7.30. The van der Waals surface area contributed by atoms with Crippen LogP contribution in [0, 0.1) is 18.6 Å². The van der Waals surface area contributed by atoms with Gasteiger partial charge in [0.2, 0.25) is 0 Å². The fraction of sp³-hybridized carbons (Fsp3) is 0.0870. The Balaban J connectivity index is 1.45. The molecule has 5 N–H and O–H groups in total. The SMILES string of the molecule is Cc1ccc(F)c(NC(=O)NCc2cc(NC(=O)c3cccc4onc(N)c34)ccc2F)c1. The van der Waals surface area contributed by atoms with Crippen molar-refractivity contribution in [3.05, 3.63) is 82.9 Å². The summed E-state index contributed by atoms with van der Waals surface area (Å²) < 4.78 is 33.1. The van der Waals surface area contributed by atoms with Gasteiger partial charge in [-0.2, -0.15) is 0 Å². The Labute approximate surface area is 186 Å². The number of anilines is 3. The number of halogens is 2. The Bertz CT molecular complexity index is 1370. The molecule has 4 aromatic rings. The number of carbonyl (C=O) groups excluding carboxylic acids is 2. The number of urea groups is 1. The van der Waals surface area contributed by atoms with Gasteiger partial charge in [0.1, 0.15) is 11.6 Å². The molecule has 0 bridgehead atoms. The first kappa shape index (κ1) is 21.8. The van der Waals surface area contributed by atoms with Gasteiger partial charge in [-0.05, 0) is 55.0 Å². The molecule has 0 aliphatic carbocycles. The van der Waals surface area contributed by atoms with E-state index < -0.39 is 23.6 Å². The van der Waals surface area contributed by atoms with Crippen molar-refractivity contribution in [1.82, 2.24) is 10.5 Å². The predicted molar refractivity (Wildman–Crippen MR) is 120 cm³/mol. The van der Waals surface area contributed by atoms with E-state index >= 15 is 0 Å². The minimum atomic E-state index is -0.706. The number of nitrogens with zero attached hydrogens (tertiary/aromatic N) is 1. The molecule has 3 aromatic carbocycles. The molecule has 0 atom stereocenters. The number of benzene rings is 3. The van der Waals surface area contributed by atoms with Crippen LogP contribution in [0.25, 0.3) is 11.0 Å². The third-order valence-electron chi connectivity index (χ3n) is 4.88. The highest BCUT2D eigenvalue weighted by Gasteiger charge is 2.17. The van der Waals surface area contributed by atoms with Crippen molar-refractivity contribution in [2.45, 2.75) is 13.5 Å². The summed E-state index contributed by atoms with van der Waals surface area (Å²) in [7, 11) is 0. The number of fused-ring (bicyclic) bond motifs is 1. The van der Waals surface area contributed by atoms with Crippen LogP contribution in [0.5, 0.6) is 0 Å². The van der Waals surface area contributed by atoms with Crippen molar-refractivity contribution < 1.29 is 22.9 Å². The summed E-state index contributed by atoms with van der Waals surface area (Å²) in [5, 5.41) is 11.6. The van der Waals surface area contributed by atoms with Gasteiger partial charge in [0.25, 0.3) is 5.91 Å². The van der Waals surface area contributed by atoms with Gasteiger partial charge < -0.3 is 26.2 Å². The summed E-state index contributed by atoms with van der Waals surface area (Å²) >= 11 is 0. The normalized spacial score (nSPS) is 10.8. The summed E-state index contributed by atoms with van der Waals surface area (Å²) in [6.45, 7) is 1.57. The molecule has 0 radical (unpaired) electrons. The maximum absolute atomic E-state index is 14.3. The van der Waals surface area contributed by atoms with Crippen LogP contribution in [0.3, 0.4) is 0 Å². The number of nitrogens with two attached hydrogens (primary N) is 1. The van der Waals surface area contributed by atoms with E-state index in [1.165, 1.54) is 30.3 Å². The highest BCUT2D eigenvalue weighted by molar-refractivity contribution is 6.14. The lowest BCUT2D eigenvalue weighted by molar-refractivity contribution is 0.102. The van der Waals surface area contributed by atoms with Crippen LogP contribution in [-0.2, 0) is 6.54 Å². The minimum absolute atomic E-state index is 0.0103. The van der Waals surface area contributed by atoms with Crippen LogP contribution in [-0.4, -0.2) is 17.1 Å². The van der Waals surface area contributed by atoms with Gasteiger partial charge >= 0.3 is 6.03 Å². The monoisotopic (exact) mass is 451 g/mol. The van der Waals surface area contributed by atoms with Crippen LogP contribution in [0.2, 0.25) is 0 Å². The molecular formula is C23H19F2N5O3. The third kappa shape index (κ3) is 4.74. The highest BCUT2D eigenvalue weighted by atomic mass is 19.1. The Morgan fingerprint density at radius 2 is 1.82 bits per heavy atom. The van der Waals surface area contributed by atoms with Crippen LogP contribution >= 0.6 is 0 Å². The zero-order chi connectivity index (χ0) is 23.5. The minimum Gasteiger partial charge on any atom is -0.380 e. The van der Waals surface area contributed by atoms with E-state index in [9.17, 15) is 18.4 Å². The number of amides is 3. The number of aryl methyl sites for hydroxylation is 1. The first-order chi connectivity index (χ1) is 15.8. The molecule has 0 saturated heterocycles. The van der Waals surface area contributed by atoms with Gasteiger partial charge in [-0.15, -0.1) is 0 Å². The van der Waals surface area contributed by atoms with Gasteiger partial charge in [-0.3, -0.25) is 4.79 Å². The van der Waals surface area contributed by atoms with Crippen molar-refractivity contribution in [3.63, 3.8) is 0 Å². The van der Waals surface area contributed by atoms with E-state index in [1.54, 1.807) is 31.2 Å². The Morgan fingerprint density at radius 3 is 2.64 bits per heavy atom. The van der Waals surface area contributed by atoms with Crippen LogP contribution in [0.1, 0.15) is 21.5 Å². The zero-order valence-electron chi connectivity index (χ0n) is 17.4. The fourth-order valence-electron chi connectivity index (χ4n) is 3.27. The molecule has 168 valence electrons. The summed E-state index contributed by atoms with van der Waals surface area (Å²) in [5.74, 6) is -1.58. The standard InChI is InChI=1S/C23H19F2N5O3/c1-12-5-7-17(25)18(9-12)29-23(32)27-11-13-10-14(6-8-16(13)24)28-22(31)15-3-2-4-19-20(15)21(26)30-33-19/h2-10H,11H2,1H3,(H2,26,30)(H,28,31)(H2,27,29,32). The summed E-state index contributed by atoms with van der Waals surface area (Å²) in [6, 6.07) is 12.3. The Kier molecular flexibility index (Phi) is 5.90. The lowest BCUT2D eigenvalue weighted by Gasteiger charge is -2.11. The lowest BCUT2D eigenvalue weighted by Crippen LogP contribution is -2.29. The van der Waals surface area contributed by atoms with Crippen molar-refractivity contribution in [1.29, 1.82) is 0 Å². The van der Waals surface area contributed by atoms with Gasteiger partial charge in [0.15, 0.2) is 11.4 Å².